The molecule has 1 unspecified atom stereocenters. The van der Waals surface area contributed by atoms with Gasteiger partial charge in [0.25, 0.3) is 0 Å². The van der Waals surface area contributed by atoms with Crippen LogP contribution in [0, 0.1) is 28.7 Å². The molecular formula is C15H19F2N3O4. The number of carbonyl (C=O) groups excluding carboxylic acids is 1. The second kappa shape index (κ2) is 6.78. The normalized spacial score (nSPS) is 18.2. The third kappa shape index (κ3) is 3.22. The van der Waals surface area contributed by atoms with E-state index in [1.54, 1.807) is 11.8 Å². The number of halogens is 2. The number of nitro groups is 1. The van der Waals surface area contributed by atoms with Crippen molar-refractivity contribution in [2.45, 2.75) is 25.8 Å². The maximum absolute atomic E-state index is 14.0. The minimum absolute atomic E-state index is 0.0633. The Hall–Kier alpha value is -2.13. The zero-order chi connectivity index (χ0) is 18.1. The van der Waals surface area contributed by atoms with Gasteiger partial charge in [0.15, 0.2) is 5.82 Å². The molecule has 2 rings (SSSR count). The molecule has 132 valence electrons. The average Bonchev–Trinajstić information content (AvgIpc) is 2.55. The SMILES string of the molecule is Cc1c(CC(C)(C(N)=O)N2CCOCC2)cc([N+](=O)[O-])c(F)c1F. The van der Waals surface area contributed by atoms with Crippen LogP contribution in [0.2, 0.25) is 0 Å². The summed E-state index contributed by atoms with van der Waals surface area (Å²) in [7, 11) is 0. The van der Waals surface area contributed by atoms with E-state index in [1.807, 2.05) is 0 Å². The summed E-state index contributed by atoms with van der Waals surface area (Å²) in [5.41, 5.74) is 3.50. The second-order valence-electron chi connectivity index (χ2n) is 5.98. The minimum Gasteiger partial charge on any atom is -0.379 e. The summed E-state index contributed by atoms with van der Waals surface area (Å²) in [5.74, 6) is -3.43. The number of hydrogen-bond donors (Lipinski definition) is 1. The molecule has 24 heavy (non-hydrogen) atoms. The summed E-state index contributed by atoms with van der Waals surface area (Å²) < 4.78 is 32.9. The van der Waals surface area contributed by atoms with Gasteiger partial charge in [-0.25, -0.2) is 4.39 Å². The first-order valence-electron chi connectivity index (χ1n) is 7.43. The van der Waals surface area contributed by atoms with Crippen LogP contribution >= 0.6 is 0 Å². The van der Waals surface area contributed by atoms with Gasteiger partial charge >= 0.3 is 5.69 Å². The van der Waals surface area contributed by atoms with E-state index in [4.69, 9.17) is 10.5 Å². The summed E-state index contributed by atoms with van der Waals surface area (Å²) >= 11 is 0. The van der Waals surface area contributed by atoms with E-state index in [0.29, 0.717) is 26.3 Å². The quantitative estimate of drug-likeness (QED) is 0.642. The zero-order valence-corrected chi connectivity index (χ0v) is 13.5. The van der Waals surface area contributed by atoms with Crippen molar-refractivity contribution in [1.29, 1.82) is 0 Å². The molecule has 1 fully saturated rings. The molecule has 0 spiro atoms. The Morgan fingerprint density at radius 3 is 2.50 bits per heavy atom. The molecule has 1 atom stereocenters. The number of primary amides is 1. The highest BCUT2D eigenvalue weighted by atomic mass is 19.2. The minimum atomic E-state index is -1.51. The van der Waals surface area contributed by atoms with E-state index in [1.165, 1.54) is 6.92 Å². The van der Waals surface area contributed by atoms with E-state index < -0.39 is 33.7 Å². The van der Waals surface area contributed by atoms with Crippen LogP contribution < -0.4 is 5.73 Å². The topological polar surface area (TPSA) is 98.7 Å². The molecule has 2 N–H and O–H groups in total. The number of hydrogen-bond acceptors (Lipinski definition) is 5. The van der Waals surface area contributed by atoms with Gasteiger partial charge in [-0.05, 0) is 25.0 Å². The van der Waals surface area contributed by atoms with Gasteiger partial charge in [-0.3, -0.25) is 19.8 Å². The highest BCUT2D eigenvalue weighted by Crippen LogP contribution is 2.30. The highest BCUT2D eigenvalue weighted by molar-refractivity contribution is 5.84. The highest BCUT2D eigenvalue weighted by Gasteiger charge is 2.40. The van der Waals surface area contributed by atoms with E-state index >= 15 is 0 Å². The van der Waals surface area contributed by atoms with Crippen molar-refractivity contribution in [3.8, 4) is 0 Å². The van der Waals surface area contributed by atoms with Crippen molar-refractivity contribution in [3.63, 3.8) is 0 Å². The van der Waals surface area contributed by atoms with Crippen molar-refractivity contribution >= 4 is 11.6 Å². The van der Waals surface area contributed by atoms with Crippen LogP contribution in [0.1, 0.15) is 18.1 Å². The van der Waals surface area contributed by atoms with Crippen LogP contribution in [-0.2, 0) is 16.0 Å². The van der Waals surface area contributed by atoms with Gasteiger partial charge in [0.2, 0.25) is 11.7 Å². The third-order valence-electron chi connectivity index (χ3n) is 4.51. The molecule has 0 aliphatic carbocycles. The lowest BCUT2D eigenvalue weighted by atomic mass is 9.87. The van der Waals surface area contributed by atoms with Crippen molar-refractivity contribution in [2.24, 2.45) is 5.73 Å². The van der Waals surface area contributed by atoms with Crippen LogP contribution in [-0.4, -0.2) is 47.6 Å². The van der Waals surface area contributed by atoms with Crippen LogP contribution in [0.15, 0.2) is 6.07 Å². The molecule has 1 aromatic carbocycles. The lowest BCUT2D eigenvalue weighted by Gasteiger charge is -2.41. The molecule has 1 aliphatic heterocycles. The molecule has 1 saturated heterocycles. The smallest absolute Gasteiger partial charge is 0.308 e. The maximum Gasteiger partial charge on any atom is 0.308 e. The van der Waals surface area contributed by atoms with Crippen LogP contribution in [0.4, 0.5) is 14.5 Å². The molecule has 0 saturated carbocycles. The fraction of sp³-hybridized carbons (Fsp3) is 0.533. The Morgan fingerprint density at radius 2 is 2.00 bits per heavy atom. The molecule has 1 heterocycles. The number of morpholine rings is 1. The second-order valence-corrected chi connectivity index (χ2v) is 5.98. The predicted octanol–water partition coefficient (Wildman–Crippen LogP) is 1.30. The molecule has 1 aromatic rings. The molecule has 7 nitrogen and oxygen atoms in total. The van der Waals surface area contributed by atoms with Gasteiger partial charge in [-0.1, -0.05) is 0 Å². The largest absolute Gasteiger partial charge is 0.379 e. The molecule has 0 bridgehead atoms. The van der Waals surface area contributed by atoms with Crippen molar-refractivity contribution < 1.29 is 23.2 Å². The van der Waals surface area contributed by atoms with E-state index in [9.17, 15) is 23.7 Å². The Labute approximate surface area is 137 Å². The number of nitrogens with two attached hydrogens (primary N) is 1. The molecule has 1 amide bonds. The number of rotatable bonds is 5. The molecule has 0 radical (unpaired) electrons. The molecule has 1 aliphatic rings. The summed E-state index contributed by atoms with van der Waals surface area (Å²) in [6, 6.07) is 0.968. The first-order chi connectivity index (χ1) is 11.2. The van der Waals surface area contributed by atoms with Crippen molar-refractivity contribution in [1.82, 2.24) is 4.90 Å². The fourth-order valence-electron chi connectivity index (χ4n) is 2.85. The Balaban J connectivity index is 2.46. The lowest BCUT2D eigenvalue weighted by molar-refractivity contribution is -0.387. The number of carbonyl (C=O) groups is 1. The predicted molar refractivity (Wildman–Crippen MR) is 81.4 cm³/mol. The average molecular weight is 343 g/mol. The number of ether oxygens (including phenoxy) is 1. The summed E-state index contributed by atoms with van der Waals surface area (Å²) in [5, 5.41) is 10.9. The van der Waals surface area contributed by atoms with Gasteiger partial charge in [-0.2, -0.15) is 4.39 Å². The van der Waals surface area contributed by atoms with Crippen molar-refractivity contribution in [2.75, 3.05) is 26.3 Å². The number of nitro benzene ring substituents is 1. The molecule has 0 aromatic heterocycles. The fourth-order valence-corrected chi connectivity index (χ4v) is 2.85. The summed E-state index contributed by atoms with van der Waals surface area (Å²) in [6.45, 7) is 4.64. The third-order valence-corrected chi connectivity index (χ3v) is 4.51. The van der Waals surface area contributed by atoms with E-state index in [0.717, 1.165) is 6.07 Å². The maximum atomic E-state index is 14.0. The molecular weight excluding hydrogens is 324 g/mol. The lowest BCUT2D eigenvalue weighted by Crippen LogP contribution is -2.60. The standard InChI is InChI=1S/C15H19F2N3O4/c1-9-10(7-11(20(22)23)13(17)12(9)16)8-15(2,14(18)21)19-3-5-24-6-4-19/h7H,3-6,8H2,1-2H3,(H2,18,21). The van der Waals surface area contributed by atoms with Gasteiger partial charge in [0.1, 0.15) is 5.54 Å². The van der Waals surface area contributed by atoms with Gasteiger partial charge in [0.05, 0.1) is 18.1 Å². The Morgan fingerprint density at radius 1 is 1.42 bits per heavy atom. The monoisotopic (exact) mass is 343 g/mol. The first kappa shape index (κ1) is 18.2. The van der Waals surface area contributed by atoms with E-state index in [2.05, 4.69) is 0 Å². The van der Waals surface area contributed by atoms with Gasteiger partial charge < -0.3 is 10.5 Å². The molecule has 9 heteroatoms. The van der Waals surface area contributed by atoms with Gasteiger partial charge in [-0.15, -0.1) is 0 Å². The van der Waals surface area contributed by atoms with Crippen LogP contribution in [0.25, 0.3) is 0 Å². The number of amides is 1. The summed E-state index contributed by atoms with van der Waals surface area (Å²) in [4.78, 5) is 23.8. The van der Waals surface area contributed by atoms with E-state index in [-0.39, 0.29) is 17.5 Å². The first-order valence-corrected chi connectivity index (χ1v) is 7.43. The summed E-state index contributed by atoms with van der Waals surface area (Å²) in [6.07, 6.45) is -0.0633. The number of nitrogens with zero attached hydrogens (tertiary/aromatic N) is 2. The van der Waals surface area contributed by atoms with Crippen LogP contribution in [0.3, 0.4) is 0 Å². The Kier molecular flexibility index (Phi) is 5.14. The van der Waals surface area contributed by atoms with Crippen molar-refractivity contribution in [3.05, 3.63) is 38.9 Å². The van der Waals surface area contributed by atoms with Crippen LogP contribution in [0.5, 0.6) is 0 Å². The number of benzene rings is 1. The Bertz CT molecular complexity index is 677. The van der Waals surface area contributed by atoms with Gasteiger partial charge in [0, 0.05) is 25.6 Å². The zero-order valence-electron chi connectivity index (χ0n) is 13.5.